The van der Waals surface area contributed by atoms with Crippen molar-refractivity contribution in [1.82, 2.24) is 14.8 Å². The van der Waals surface area contributed by atoms with E-state index >= 15 is 0 Å². The van der Waals surface area contributed by atoms with Gasteiger partial charge in [0.15, 0.2) is 5.82 Å². The first-order valence-electron chi connectivity index (χ1n) is 4.32. The predicted octanol–water partition coefficient (Wildman–Crippen LogP) is 1.50. The van der Waals surface area contributed by atoms with Gasteiger partial charge in [0.05, 0.1) is 0 Å². The van der Waals surface area contributed by atoms with Gasteiger partial charge in [-0.25, -0.2) is 0 Å². The lowest BCUT2D eigenvalue weighted by Crippen LogP contribution is -1.91. The van der Waals surface area contributed by atoms with Gasteiger partial charge in [-0.05, 0) is 30.7 Å². The fourth-order valence-corrected chi connectivity index (χ4v) is 1.34. The molecule has 0 spiro atoms. The second kappa shape index (κ2) is 3.14. The fourth-order valence-electron chi connectivity index (χ4n) is 1.34. The Morgan fingerprint density at radius 3 is 2.71 bits per heavy atom. The van der Waals surface area contributed by atoms with Crippen LogP contribution >= 0.6 is 0 Å². The predicted molar refractivity (Wildman–Crippen MR) is 52.8 cm³/mol. The summed E-state index contributed by atoms with van der Waals surface area (Å²) in [5, 5.41) is 17.2. The molecule has 0 aliphatic carbocycles. The summed E-state index contributed by atoms with van der Waals surface area (Å²) >= 11 is 0. The summed E-state index contributed by atoms with van der Waals surface area (Å²) in [5.74, 6) is 1.10. The molecule has 4 heteroatoms. The molecule has 0 aliphatic rings. The summed E-state index contributed by atoms with van der Waals surface area (Å²) in [5.41, 5.74) is 1.80. The highest BCUT2D eigenvalue weighted by molar-refractivity contribution is 5.58. The minimum absolute atomic E-state index is 0.302. The Hall–Kier alpha value is -1.84. The van der Waals surface area contributed by atoms with Crippen LogP contribution in [0.4, 0.5) is 0 Å². The second-order valence-electron chi connectivity index (χ2n) is 3.27. The molecule has 1 aromatic carbocycles. The Morgan fingerprint density at radius 1 is 1.36 bits per heavy atom. The van der Waals surface area contributed by atoms with Crippen molar-refractivity contribution < 1.29 is 5.11 Å². The molecule has 0 atom stereocenters. The molecule has 0 unspecified atom stereocenters. The Labute approximate surface area is 81.8 Å². The molecule has 0 bridgehead atoms. The van der Waals surface area contributed by atoms with Crippen LogP contribution in [0, 0.1) is 6.92 Å². The molecule has 0 saturated carbocycles. The smallest absolute Gasteiger partial charge is 0.163 e. The van der Waals surface area contributed by atoms with Crippen LogP contribution in [-0.2, 0) is 7.05 Å². The van der Waals surface area contributed by atoms with E-state index in [1.54, 1.807) is 12.4 Å². The Bertz CT molecular complexity index is 462. The lowest BCUT2D eigenvalue weighted by atomic mass is 10.1. The Morgan fingerprint density at radius 2 is 2.14 bits per heavy atom. The van der Waals surface area contributed by atoms with Gasteiger partial charge in [0.25, 0.3) is 0 Å². The monoisotopic (exact) mass is 189 g/mol. The zero-order valence-corrected chi connectivity index (χ0v) is 8.10. The third-order valence-electron chi connectivity index (χ3n) is 2.17. The molecule has 1 N–H and O–H groups in total. The van der Waals surface area contributed by atoms with E-state index < -0.39 is 0 Å². The number of hydrogen-bond acceptors (Lipinski definition) is 3. The van der Waals surface area contributed by atoms with Crippen LogP contribution in [0.2, 0.25) is 0 Å². The fraction of sp³-hybridized carbons (Fsp3) is 0.200. The van der Waals surface area contributed by atoms with Crippen molar-refractivity contribution in [1.29, 1.82) is 0 Å². The van der Waals surface area contributed by atoms with Crippen molar-refractivity contribution in [3.05, 3.63) is 30.1 Å². The van der Waals surface area contributed by atoms with E-state index in [-0.39, 0.29) is 0 Å². The van der Waals surface area contributed by atoms with Crippen LogP contribution in [-0.4, -0.2) is 19.9 Å². The first kappa shape index (κ1) is 8.74. The second-order valence-corrected chi connectivity index (χ2v) is 3.27. The average molecular weight is 189 g/mol. The van der Waals surface area contributed by atoms with Crippen molar-refractivity contribution in [2.45, 2.75) is 6.92 Å². The molecule has 1 aromatic heterocycles. The molecule has 1 heterocycles. The normalized spacial score (nSPS) is 10.4. The number of nitrogens with zero attached hydrogens (tertiary/aromatic N) is 3. The molecule has 72 valence electrons. The maximum absolute atomic E-state index is 9.37. The number of aromatic nitrogens is 3. The number of rotatable bonds is 1. The summed E-state index contributed by atoms with van der Waals surface area (Å²) in [7, 11) is 1.89. The molecule has 2 rings (SSSR count). The largest absolute Gasteiger partial charge is 0.508 e. The van der Waals surface area contributed by atoms with E-state index in [4.69, 9.17) is 0 Å². The zero-order valence-electron chi connectivity index (χ0n) is 8.10. The van der Waals surface area contributed by atoms with Crippen LogP contribution in [0.15, 0.2) is 24.5 Å². The van der Waals surface area contributed by atoms with Gasteiger partial charge in [0.1, 0.15) is 12.1 Å². The highest BCUT2D eigenvalue weighted by Gasteiger charge is 2.05. The SMILES string of the molecule is Cc1cc(-c2nncn2C)ccc1O. The minimum Gasteiger partial charge on any atom is -0.508 e. The summed E-state index contributed by atoms with van der Waals surface area (Å²) in [6.07, 6.45) is 1.65. The van der Waals surface area contributed by atoms with E-state index in [9.17, 15) is 5.11 Å². The van der Waals surface area contributed by atoms with Gasteiger partial charge < -0.3 is 9.67 Å². The van der Waals surface area contributed by atoms with Crippen molar-refractivity contribution in [2.24, 2.45) is 7.05 Å². The number of benzene rings is 1. The Balaban J connectivity index is 2.53. The van der Waals surface area contributed by atoms with Crippen molar-refractivity contribution in [3.8, 4) is 17.1 Å². The van der Waals surface area contributed by atoms with E-state index in [2.05, 4.69) is 10.2 Å². The maximum atomic E-state index is 9.37. The summed E-state index contributed by atoms with van der Waals surface area (Å²) in [6, 6.07) is 5.38. The van der Waals surface area contributed by atoms with E-state index in [0.717, 1.165) is 17.0 Å². The molecule has 0 radical (unpaired) electrons. The van der Waals surface area contributed by atoms with Gasteiger partial charge in [-0.2, -0.15) is 0 Å². The van der Waals surface area contributed by atoms with Gasteiger partial charge in [0, 0.05) is 12.6 Å². The van der Waals surface area contributed by atoms with E-state index in [1.807, 2.05) is 30.7 Å². The quantitative estimate of drug-likeness (QED) is 0.739. The van der Waals surface area contributed by atoms with E-state index in [0.29, 0.717) is 5.75 Å². The summed E-state index contributed by atoms with van der Waals surface area (Å²) in [6.45, 7) is 1.86. The number of aryl methyl sites for hydroxylation is 2. The lowest BCUT2D eigenvalue weighted by molar-refractivity contribution is 0.471. The number of phenols is 1. The van der Waals surface area contributed by atoms with Crippen LogP contribution in [0.25, 0.3) is 11.4 Å². The van der Waals surface area contributed by atoms with Crippen LogP contribution in [0.1, 0.15) is 5.56 Å². The zero-order chi connectivity index (χ0) is 10.1. The van der Waals surface area contributed by atoms with Crippen LogP contribution in [0.3, 0.4) is 0 Å². The van der Waals surface area contributed by atoms with Gasteiger partial charge in [-0.1, -0.05) is 0 Å². The highest BCUT2D eigenvalue weighted by Crippen LogP contribution is 2.23. The molecule has 0 saturated heterocycles. The van der Waals surface area contributed by atoms with Gasteiger partial charge in [-0.15, -0.1) is 10.2 Å². The van der Waals surface area contributed by atoms with Gasteiger partial charge >= 0.3 is 0 Å². The molecule has 14 heavy (non-hydrogen) atoms. The van der Waals surface area contributed by atoms with Crippen LogP contribution in [0.5, 0.6) is 5.75 Å². The summed E-state index contributed by atoms with van der Waals surface area (Å²) in [4.78, 5) is 0. The maximum Gasteiger partial charge on any atom is 0.163 e. The molecule has 0 fully saturated rings. The first-order chi connectivity index (χ1) is 6.68. The standard InChI is InChI=1S/C10H11N3O/c1-7-5-8(3-4-9(7)14)10-12-11-6-13(10)2/h3-6,14H,1-2H3. The van der Waals surface area contributed by atoms with Gasteiger partial charge in [-0.3, -0.25) is 0 Å². The third kappa shape index (κ3) is 1.35. The van der Waals surface area contributed by atoms with Gasteiger partial charge in [0.2, 0.25) is 0 Å². The first-order valence-corrected chi connectivity index (χ1v) is 4.32. The number of aromatic hydroxyl groups is 1. The van der Waals surface area contributed by atoms with Crippen molar-refractivity contribution in [3.63, 3.8) is 0 Å². The van der Waals surface area contributed by atoms with Crippen molar-refractivity contribution >= 4 is 0 Å². The number of hydrogen-bond donors (Lipinski definition) is 1. The topological polar surface area (TPSA) is 50.9 Å². The molecule has 2 aromatic rings. The summed E-state index contributed by atoms with van der Waals surface area (Å²) < 4.78 is 1.84. The van der Waals surface area contributed by atoms with E-state index in [1.165, 1.54) is 0 Å². The molecule has 0 aliphatic heterocycles. The molecular weight excluding hydrogens is 178 g/mol. The average Bonchev–Trinajstić information content (AvgIpc) is 2.57. The molecule has 4 nitrogen and oxygen atoms in total. The molecule has 0 amide bonds. The lowest BCUT2D eigenvalue weighted by Gasteiger charge is -2.03. The Kier molecular flexibility index (Phi) is 1.96. The minimum atomic E-state index is 0.302. The van der Waals surface area contributed by atoms with Crippen LogP contribution < -0.4 is 0 Å². The highest BCUT2D eigenvalue weighted by atomic mass is 16.3. The molecular formula is C10H11N3O. The number of phenolic OH excluding ortho intramolecular Hbond substituents is 1. The van der Waals surface area contributed by atoms with Crippen molar-refractivity contribution in [2.75, 3.05) is 0 Å². The third-order valence-corrected chi connectivity index (χ3v) is 2.17.